The molecule has 6 nitrogen and oxygen atoms in total. The number of nitrogens with zero attached hydrogens (tertiary/aromatic N) is 2. The van der Waals surface area contributed by atoms with Gasteiger partial charge in [-0.15, -0.1) is 0 Å². The molecule has 134 valence electrons. The largest absolute Gasteiger partial charge is 0.416 e. The number of benzene rings is 1. The van der Waals surface area contributed by atoms with Crippen molar-refractivity contribution in [2.24, 2.45) is 32.9 Å². The zero-order valence-electron chi connectivity index (χ0n) is 13.3. The minimum Gasteiger partial charge on any atom is -0.370 e. The van der Waals surface area contributed by atoms with Crippen LogP contribution in [0.1, 0.15) is 42.9 Å². The van der Waals surface area contributed by atoms with Crippen molar-refractivity contribution < 1.29 is 13.2 Å². The molecule has 1 atom stereocenters. The molecule has 0 aliphatic heterocycles. The first-order chi connectivity index (χ1) is 11.2. The van der Waals surface area contributed by atoms with E-state index in [4.69, 9.17) is 22.9 Å². The molecule has 1 aromatic carbocycles. The molecular formula is C15H23F3N6. The van der Waals surface area contributed by atoms with Gasteiger partial charge in [-0.2, -0.15) is 13.2 Å². The van der Waals surface area contributed by atoms with E-state index >= 15 is 0 Å². The lowest BCUT2D eigenvalue weighted by Crippen LogP contribution is -2.24. The third-order valence-electron chi connectivity index (χ3n) is 3.36. The molecule has 0 fully saturated rings. The van der Waals surface area contributed by atoms with Crippen LogP contribution >= 0.6 is 0 Å². The first-order valence-corrected chi connectivity index (χ1v) is 7.51. The van der Waals surface area contributed by atoms with Crippen molar-refractivity contribution in [1.82, 2.24) is 0 Å². The summed E-state index contributed by atoms with van der Waals surface area (Å²) in [5.74, 6) is -0.0430. The van der Waals surface area contributed by atoms with Crippen LogP contribution in [0, 0.1) is 0 Å². The second-order valence-corrected chi connectivity index (χ2v) is 5.35. The van der Waals surface area contributed by atoms with E-state index in [2.05, 4.69) is 9.98 Å². The van der Waals surface area contributed by atoms with Crippen LogP contribution in [-0.4, -0.2) is 18.5 Å². The third kappa shape index (κ3) is 7.21. The van der Waals surface area contributed by atoms with Crippen LogP contribution in [0.3, 0.4) is 0 Å². The second-order valence-electron chi connectivity index (χ2n) is 5.35. The summed E-state index contributed by atoms with van der Waals surface area (Å²) in [7, 11) is 0. The molecule has 0 aliphatic carbocycles. The van der Waals surface area contributed by atoms with Crippen molar-refractivity contribution in [3.63, 3.8) is 0 Å². The number of rotatable bonds is 8. The van der Waals surface area contributed by atoms with Crippen molar-refractivity contribution in [2.45, 2.75) is 37.9 Å². The summed E-state index contributed by atoms with van der Waals surface area (Å²) in [6.07, 6.45) is -1.30. The van der Waals surface area contributed by atoms with Crippen molar-refractivity contribution in [1.29, 1.82) is 0 Å². The van der Waals surface area contributed by atoms with Crippen molar-refractivity contribution in [3.8, 4) is 0 Å². The van der Waals surface area contributed by atoms with Gasteiger partial charge in [0.1, 0.15) is 0 Å². The Balaban J connectivity index is 2.66. The van der Waals surface area contributed by atoms with E-state index in [0.717, 1.165) is 31.4 Å². The highest BCUT2D eigenvalue weighted by molar-refractivity contribution is 5.76. The Morgan fingerprint density at radius 3 is 2.04 bits per heavy atom. The van der Waals surface area contributed by atoms with Crippen molar-refractivity contribution >= 4 is 11.9 Å². The predicted octanol–water partition coefficient (Wildman–Crippen LogP) is 1.85. The Kier molecular flexibility index (Phi) is 7.34. The van der Waals surface area contributed by atoms with E-state index < -0.39 is 11.7 Å². The monoisotopic (exact) mass is 344 g/mol. The van der Waals surface area contributed by atoms with Crippen molar-refractivity contribution in [2.75, 3.05) is 6.54 Å². The Morgan fingerprint density at radius 2 is 1.54 bits per heavy atom. The third-order valence-corrected chi connectivity index (χ3v) is 3.36. The number of guanidine groups is 2. The summed E-state index contributed by atoms with van der Waals surface area (Å²) < 4.78 is 37.8. The maximum Gasteiger partial charge on any atom is 0.416 e. The molecule has 0 heterocycles. The first kappa shape index (κ1) is 19.6. The summed E-state index contributed by atoms with van der Waals surface area (Å²) in [5, 5.41) is 0. The lowest BCUT2D eigenvalue weighted by molar-refractivity contribution is -0.137. The molecule has 1 aromatic rings. The van der Waals surface area contributed by atoms with Crippen LogP contribution in [0.5, 0.6) is 0 Å². The highest BCUT2D eigenvalue weighted by Gasteiger charge is 2.30. The number of nitrogens with two attached hydrogens (primary N) is 4. The minimum absolute atomic E-state index is 0.0538. The average Bonchev–Trinajstić information content (AvgIpc) is 2.48. The summed E-state index contributed by atoms with van der Waals surface area (Å²) in [5.41, 5.74) is 21.2. The number of alkyl halides is 3. The summed E-state index contributed by atoms with van der Waals surface area (Å²) in [6.45, 7) is 0.537. The van der Waals surface area contributed by atoms with Gasteiger partial charge in [0.25, 0.3) is 0 Å². The van der Waals surface area contributed by atoms with Gasteiger partial charge < -0.3 is 22.9 Å². The normalized spacial score (nSPS) is 12.5. The zero-order chi connectivity index (χ0) is 18.2. The first-order valence-electron chi connectivity index (χ1n) is 7.51. The highest BCUT2D eigenvalue weighted by Crippen LogP contribution is 2.31. The lowest BCUT2D eigenvalue weighted by atomic mass is 9.99. The van der Waals surface area contributed by atoms with Gasteiger partial charge in [-0.25, -0.2) is 4.99 Å². The smallest absolute Gasteiger partial charge is 0.370 e. The Hall–Kier alpha value is -2.45. The van der Waals surface area contributed by atoms with Gasteiger partial charge in [-0.1, -0.05) is 25.0 Å². The molecule has 0 aromatic heterocycles. The van der Waals surface area contributed by atoms with Crippen LogP contribution < -0.4 is 22.9 Å². The van der Waals surface area contributed by atoms with E-state index in [-0.39, 0.29) is 18.0 Å². The van der Waals surface area contributed by atoms with Gasteiger partial charge in [0.05, 0.1) is 11.6 Å². The van der Waals surface area contributed by atoms with Crippen LogP contribution in [0.2, 0.25) is 0 Å². The predicted molar refractivity (Wildman–Crippen MR) is 89.1 cm³/mol. The number of aliphatic imine (C=N–C) groups is 2. The van der Waals surface area contributed by atoms with Gasteiger partial charge in [0, 0.05) is 6.54 Å². The van der Waals surface area contributed by atoms with E-state index in [0.29, 0.717) is 18.5 Å². The molecule has 1 rings (SSSR count). The molecule has 8 N–H and O–H groups in total. The average molecular weight is 344 g/mol. The van der Waals surface area contributed by atoms with Crippen molar-refractivity contribution in [3.05, 3.63) is 35.4 Å². The summed E-state index contributed by atoms with van der Waals surface area (Å²) in [4.78, 5) is 7.99. The van der Waals surface area contributed by atoms with Gasteiger partial charge in [-0.3, -0.25) is 4.99 Å². The fraction of sp³-hybridized carbons (Fsp3) is 0.467. The topological polar surface area (TPSA) is 129 Å². The fourth-order valence-electron chi connectivity index (χ4n) is 2.21. The molecule has 24 heavy (non-hydrogen) atoms. The molecule has 0 saturated heterocycles. The molecule has 0 spiro atoms. The SMILES string of the molecule is NC(N)=NCCCCCC(N=C(N)N)c1ccc(C(F)(F)F)cc1. The molecule has 0 bridgehead atoms. The van der Waals surface area contributed by atoms with Crippen LogP contribution in [-0.2, 0) is 6.18 Å². The Bertz CT molecular complexity index is 558. The summed E-state index contributed by atoms with van der Waals surface area (Å²) >= 11 is 0. The van der Waals surface area contributed by atoms with Crippen LogP contribution in [0.15, 0.2) is 34.3 Å². The molecule has 1 unspecified atom stereocenters. The van der Waals surface area contributed by atoms with E-state index in [9.17, 15) is 13.2 Å². The van der Waals surface area contributed by atoms with Gasteiger partial charge in [0.15, 0.2) is 11.9 Å². The fourth-order valence-corrected chi connectivity index (χ4v) is 2.21. The lowest BCUT2D eigenvalue weighted by Gasteiger charge is -2.14. The van der Waals surface area contributed by atoms with Gasteiger partial charge >= 0.3 is 6.18 Å². The van der Waals surface area contributed by atoms with Gasteiger partial charge in [0.2, 0.25) is 0 Å². The van der Waals surface area contributed by atoms with Crippen LogP contribution in [0.4, 0.5) is 13.2 Å². The zero-order valence-corrected chi connectivity index (χ0v) is 13.3. The Morgan fingerprint density at radius 1 is 0.917 bits per heavy atom. The Labute approximate surface area is 138 Å². The number of unbranched alkanes of at least 4 members (excludes halogenated alkanes) is 2. The van der Waals surface area contributed by atoms with Gasteiger partial charge in [-0.05, 0) is 30.5 Å². The maximum atomic E-state index is 12.6. The number of hydrogen-bond donors (Lipinski definition) is 4. The summed E-state index contributed by atoms with van der Waals surface area (Å²) in [6, 6.07) is 4.49. The van der Waals surface area contributed by atoms with Crippen LogP contribution in [0.25, 0.3) is 0 Å². The van der Waals surface area contributed by atoms with E-state index in [1.54, 1.807) is 0 Å². The molecule has 0 amide bonds. The quantitative estimate of drug-likeness (QED) is 0.326. The second kappa shape index (κ2) is 8.99. The molecular weight excluding hydrogens is 321 g/mol. The maximum absolute atomic E-state index is 12.6. The highest BCUT2D eigenvalue weighted by atomic mass is 19.4. The molecule has 0 radical (unpaired) electrons. The number of hydrogen-bond acceptors (Lipinski definition) is 2. The van der Waals surface area contributed by atoms with E-state index in [1.807, 2.05) is 0 Å². The van der Waals surface area contributed by atoms with E-state index in [1.165, 1.54) is 12.1 Å². The molecule has 0 aliphatic rings. The standard InChI is InChI=1S/C15H23F3N6/c16-15(17,18)11-7-5-10(6-8-11)12(24-14(21)22)4-2-1-3-9-23-13(19)20/h5-8,12H,1-4,9H2,(H4,19,20,23)(H4,21,22,24). The minimum atomic E-state index is -4.37. The number of halogens is 3. The molecule has 9 heteroatoms. The molecule has 0 saturated carbocycles.